The number of ether oxygens (including phenoxy) is 2. The third-order valence-electron chi connectivity index (χ3n) is 11.8. The van der Waals surface area contributed by atoms with Gasteiger partial charge in [0.25, 0.3) is 5.91 Å². The number of rotatable bonds is 13. The summed E-state index contributed by atoms with van der Waals surface area (Å²) in [5.41, 5.74) is -1.73. The van der Waals surface area contributed by atoms with Crippen molar-refractivity contribution >= 4 is 56.3 Å². The highest BCUT2D eigenvalue weighted by molar-refractivity contribution is 7.91. The molecule has 0 unspecified atom stereocenters. The van der Waals surface area contributed by atoms with Crippen molar-refractivity contribution in [3.63, 3.8) is 0 Å². The van der Waals surface area contributed by atoms with Gasteiger partial charge in [-0.15, -0.1) is 6.58 Å². The average molecular weight is 784 g/mol. The molecule has 4 saturated carbocycles. The molecular formula is C39H50ClN5O8S. The van der Waals surface area contributed by atoms with Gasteiger partial charge in [-0.3, -0.25) is 24.1 Å². The number of pyridine rings is 1. The van der Waals surface area contributed by atoms with Crippen molar-refractivity contribution in [2.45, 2.75) is 126 Å². The first-order valence-electron chi connectivity index (χ1n) is 19.0. The SMILES string of the molecule is C=C[C@H]1C[C@]1(NC(=O)[C@@H]1C[C@@H](Oc2ccnc3cc(Cl)ccc23)CN1C(=O)[C@@H](NC(=O)OC1CCCC1)C(C)(C)C)C(=O)NS(=O)(=O)C1(CC2CC2)CC1. The summed E-state index contributed by atoms with van der Waals surface area (Å²) in [5.74, 6) is -1.64. The summed E-state index contributed by atoms with van der Waals surface area (Å²) in [4.78, 5) is 61.8. The van der Waals surface area contributed by atoms with Crippen molar-refractivity contribution in [3.05, 3.63) is 48.1 Å². The van der Waals surface area contributed by atoms with Crippen molar-refractivity contribution in [2.24, 2.45) is 17.3 Å². The molecule has 4 amide bonds. The summed E-state index contributed by atoms with van der Waals surface area (Å²) in [6, 6.07) is 4.71. The predicted octanol–water partition coefficient (Wildman–Crippen LogP) is 5.16. The molecule has 292 valence electrons. The molecule has 1 aliphatic heterocycles. The number of nitrogens with one attached hydrogen (secondary N) is 3. The molecule has 1 saturated heterocycles. The highest BCUT2D eigenvalue weighted by Crippen LogP contribution is 2.53. The van der Waals surface area contributed by atoms with E-state index in [4.69, 9.17) is 21.1 Å². The molecule has 54 heavy (non-hydrogen) atoms. The number of sulfonamides is 1. The number of hydrogen-bond acceptors (Lipinski definition) is 9. The summed E-state index contributed by atoms with van der Waals surface area (Å²) in [7, 11) is -4.00. The topological polar surface area (TPSA) is 173 Å². The number of alkyl carbamates (subject to hydrolysis) is 1. The van der Waals surface area contributed by atoms with E-state index in [1.165, 1.54) is 11.0 Å². The number of likely N-dealkylation sites (tertiary alicyclic amines) is 1. The van der Waals surface area contributed by atoms with Crippen LogP contribution < -0.4 is 20.1 Å². The number of carbonyl (C=O) groups is 4. The number of hydrogen-bond donors (Lipinski definition) is 3. The lowest BCUT2D eigenvalue weighted by Crippen LogP contribution is -2.60. The van der Waals surface area contributed by atoms with Crippen LogP contribution in [0.5, 0.6) is 5.75 Å². The Bertz CT molecular complexity index is 1950. The Morgan fingerprint density at radius 1 is 1.09 bits per heavy atom. The van der Waals surface area contributed by atoms with E-state index in [1.807, 2.05) is 20.8 Å². The minimum absolute atomic E-state index is 0.0115. The summed E-state index contributed by atoms with van der Waals surface area (Å²) in [6.45, 7) is 9.25. The minimum Gasteiger partial charge on any atom is -0.488 e. The number of fused-ring (bicyclic) bond motifs is 1. The van der Waals surface area contributed by atoms with Gasteiger partial charge in [-0.2, -0.15) is 0 Å². The van der Waals surface area contributed by atoms with E-state index in [9.17, 15) is 27.6 Å². The first-order valence-corrected chi connectivity index (χ1v) is 20.9. The Balaban J connectivity index is 1.14. The van der Waals surface area contributed by atoms with Crippen molar-refractivity contribution in [1.82, 2.24) is 25.2 Å². The lowest BCUT2D eigenvalue weighted by molar-refractivity contribution is -0.143. The average Bonchev–Trinajstić information content (AvgIpc) is 4.08. The van der Waals surface area contributed by atoms with Gasteiger partial charge in [0.05, 0.1) is 16.8 Å². The monoisotopic (exact) mass is 783 g/mol. The fraction of sp³-hybridized carbons (Fsp3) is 0.615. The highest BCUT2D eigenvalue weighted by atomic mass is 35.5. The summed E-state index contributed by atoms with van der Waals surface area (Å²) in [6.07, 6.45) is 8.66. The first kappa shape index (κ1) is 38.4. The molecule has 3 N–H and O–H groups in total. The zero-order valence-corrected chi connectivity index (χ0v) is 32.6. The molecule has 5 aliphatic rings. The van der Waals surface area contributed by atoms with Crippen LogP contribution in [0.3, 0.4) is 0 Å². The van der Waals surface area contributed by atoms with Crippen LogP contribution in [0.1, 0.15) is 91.4 Å². The molecule has 1 aromatic carbocycles. The number of halogens is 1. The second-order valence-electron chi connectivity index (χ2n) is 17.0. The Morgan fingerprint density at radius 3 is 2.44 bits per heavy atom. The maximum atomic E-state index is 14.6. The second kappa shape index (κ2) is 14.3. The number of benzene rings is 1. The molecule has 5 atom stereocenters. The van der Waals surface area contributed by atoms with Crippen molar-refractivity contribution in [1.29, 1.82) is 0 Å². The molecule has 7 rings (SSSR count). The van der Waals surface area contributed by atoms with Crippen LogP contribution in [0.15, 0.2) is 43.1 Å². The largest absolute Gasteiger partial charge is 0.488 e. The number of aromatic nitrogens is 1. The predicted molar refractivity (Wildman–Crippen MR) is 202 cm³/mol. The van der Waals surface area contributed by atoms with E-state index in [2.05, 4.69) is 26.9 Å². The maximum absolute atomic E-state index is 14.6. The zero-order valence-electron chi connectivity index (χ0n) is 31.1. The van der Waals surface area contributed by atoms with E-state index in [-0.39, 0.29) is 25.5 Å². The standard InChI is InChI=1S/C39H50ClN5O8S/c1-5-24-21-39(24,35(48)44-54(50,51)38(15-16-38)20-23-10-11-23)43-33(46)30-19-27(52-31-14-17-41-29-18-25(40)12-13-28(29)31)22-45(30)34(47)32(37(2,3)4)42-36(49)53-26-8-6-7-9-26/h5,12-14,17-18,23-24,26-27,30,32H,1,6-11,15-16,19-22H2,2-4H3,(H,42,49)(H,43,46)(H,44,48)/t24-,27+,30-,32+,39+/m0/s1. The molecule has 1 aromatic heterocycles. The van der Waals surface area contributed by atoms with Gasteiger partial charge in [0, 0.05) is 28.9 Å². The maximum Gasteiger partial charge on any atom is 0.408 e. The Kier molecular flexibility index (Phi) is 10.2. The van der Waals surface area contributed by atoms with Crippen molar-refractivity contribution < 1.29 is 37.1 Å². The van der Waals surface area contributed by atoms with E-state index in [1.54, 1.807) is 30.5 Å². The molecule has 4 aliphatic carbocycles. The number of carbonyl (C=O) groups excluding carboxylic acids is 4. The third kappa shape index (κ3) is 7.78. The molecular weight excluding hydrogens is 734 g/mol. The fourth-order valence-corrected chi connectivity index (χ4v) is 10.0. The Hall–Kier alpha value is -3.91. The van der Waals surface area contributed by atoms with Gasteiger partial charge in [-0.1, -0.05) is 51.3 Å². The molecule has 0 bridgehead atoms. The van der Waals surface area contributed by atoms with Gasteiger partial charge in [0.15, 0.2) is 0 Å². The van der Waals surface area contributed by atoms with E-state index >= 15 is 0 Å². The van der Waals surface area contributed by atoms with Crippen LogP contribution in [0.25, 0.3) is 10.9 Å². The van der Waals surface area contributed by atoms with Crippen LogP contribution in [0, 0.1) is 17.3 Å². The summed E-state index contributed by atoms with van der Waals surface area (Å²) in [5, 5.41) is 6.84. The van der Waals surface area contributed by atoms with Crippen LogP contribution in [-0.4, -0.2) is 83.2 Å². The van der Waals surface area contributed by atoms with Crippen molar-refractivity contribution in [3.8, 4) is 5.75 Å². The fourth-order valence-electron chi connectivity index (χ4n) is 8.10. The first-order chi connectivity index (χ1) is 25.5. The molecule has 15 heteroatoms. The van der Waals surface area contributed by atoms with Gasteiger partial charge in [0.2, 0.25) is 21.8 Å². The highest BCUT2D eigenvalue weighted by Gasteiger charge is 2.64. The van der Waals surface area contributed by atoms with Gasteiger partial charge in [0.1, 0.15) is 35.6 Å². The second-order valence-corrected chi connectivity index (χ2v) is 19.5. The van der Waals surface area contributed by atoms with Gasteiger partial charge >= 0.3 is 6.09 Å². The summed E-state index contributed by atoms with van der Waals surface area (Å²) >= 11 is 6.21. The third-order valence-corrected chi connectivity index (χ3v) is 14.2. The molecule has 0 radical (unpaired) electrons. The van der Waals surface area contributed by atoms with E-state index < -0.39 is 73.6 Å². The quantitative estimate of drug-likeness (QED) is 0.232. The van der Waals surface area contributed by atoms with Crippen LogP contribution >= 0.6 is 11.6 Å². The van der Waals surface area contributed by atoms with Gasteiger partial charge in [-0.05, 0) is 87.0 Å². The van der Waals surface area contributed by atoms with Gasteiger partial charge in [-0.25, -0.2) is 13.2 Å². The van der Waals surface area contributed by atoms with E-state index in [0.717, 1.165) is 38.5 Å². The van der Waals surface area contributed by atoms with Gasteiger partial charge < -0.3 is 25.0 Å². The Labute approximate surface area is 321 Å². The zero-order chi connectivity index (χ0) is 38.6. The molecule has 2 aromatic rings. The molecule has 5 fully saturated rings. The van der Waals surface area contributed by atoms with Crippen LogP contribution in [-0.2, 0) is 29.1 Å². The Morgan fingerprint density at radius 2 is 1.81 bits per heavy atom. The number of amides is 4. The van der Waals surface area contributed by atoms with Crippen LogP contribution in [0.2, 0.25) is 5.02 Å². The minimum atomic E-state index is -4.00. The molecule has 2 heterocycles. The normalized spacial score (nSPS) is 26.8. The number of nitrogens with zero attached hydrogens (tertiary/aromatic N) is 2. The molecule has 0 spiro atoms. The van der Waals surface area contributed by atoms with Crippen LogP contribution in [0.4, 0.5) is 4.79 Å². The smallest absolute Gasteiger partial charge is 0.408 e. The van der Waals surface area contributed by atoms with E-state index in [0.29, 0.717) is 46.9 Å². The molecule has 13 nitrogen and oxygen atoms in total. The lowest BCUT2D eigenvalue weighted by atomic mass is 9.85. The lowest BCUT2D eigenvalue weighted by Gasteiger charge is -2.35. The van der Waals surface area contributed by atoms with Crippen molar-refractivity contribution in [2.75, 3.05) is 6.54 Å². The summed E-state index contributed by atoms with van der Waals surface area (Å²) < 4.78 is 40.6.